The summed E-state index contributed by atoms with van der Waals surface area (Å²) in [7, 11) is 0. The minimum absolute atomic E-state index is 0.524. The van der Waals surface area contributed by atoms with Crippen molar-refractivity contribution in [3.63, 3.8) is 0 Å². The van der Waals surface area contributed by atoms with E-state index >= 15 is 0 Å². The van der Waals surface area contributed by atoms with E-state index < -0.39 is 0 Å². The average molecular weight is 337 g/mol. The first-order valence-electron chi connectivity index (χ1n) is 8.88. The van der Waals surface area contributed by atoms with Gasteiger partial charge in [0.05, 0.1) is 6.04 Å². The molecule has 1 N–H and O–H groups in total. The molecule has 3 aromatic rings. The van der Waals surface area contributed by atoms with E-state index in [1.54, 1.807) is 5.56 Å². The number of piperidine rings is 1. The van der Waals surface area contributed by atoms with Crippen LogP contribution in [-0.4, -0.2) is 23.0 Å². The second-order valence-corrected chi connectivity index (χ2v) is 7.57. The van der Waals surface area contributed by atoms with Gasteiger partial charge in [-0.15, -0.1) is 0 Å². The SMILES string of the molecule is Clc1ccc(C2CCN3CCc4c([nH]c5ccccc45)C3C2)cc1. The summed E-state index contributed by atoms with van der Waals surface area (Å²) >= 11 is 6.06. The van der Waals surface area contributed by atoms with Crippen molar-refractivity contribution in [1.29, 1.82) is 0 Å². The van der Waals surface area contributed by atoms with Gasteiger partial charge < -0.3 is 4.98 Å². The molecule has 24 heavy (non-hydrogen) atoms. The summed E-state index contributed by atoms with van der Waals surface area (Å²) < 4.78 is 0. The van der Waals surface area contributed by atoms with Gasteiger partial charge in [0, 0.05) is 28.2 Å². The van der Waals surface area contributed by atoms with Crippen LogP contribution < -0.4 is 0 Å². The van der Waals surface area contributed by atoms with Gasteiger partial charge in [-0.1, -0.05) is 41.9 Å². The molecule has 2 aliphatic heterocycles. The Balaban J connectivity index is 1.52. The number of nitrogens with zero attached hydrogens (tertiary/aromatic N) is 1. The van der Waals surface area contributed by atoms with Gasteiger partial charge in [-0.25, -0.2) is 0 Å². The Morgan fingerprint density at radius 1 is 1.00 bits per heavy atom. The number of hydrogen-bond acceptors (Lipinski definition) is 1. The molecule has 2 aliphatic rings. The molecule has 2 unspecified atom stereocenters. The molecular formula is C21H21ClN2. The molecule has 1 aromatic heterocycles. The van der Waals surface area contributed by atoms with E-state index in [1.807, 2.05) is 12.1 Å². The first-order valence-corrected chi connectivity index (χ1v) is 9.26. The van der Waals surface area contributed by atoms with Gasteiger partial charge in [-0.05, 0) is 61.1 Å². The predicted molar refractivity (Wildman–Crippen MR) is 99.7 cm³/mol. The Kier molecular flexibility index (Phi) is 3.43. The highest BCUT2D eigenvalue weighted by Crippen LogP contribution is 2.44. The lowest BCUT2D eigenvalue weighted by molar-refractivity contribution is 0.123. The standard InChI is InChI=1S/C21H21ClN2/c22-16-7-5-14(6-8-16)15-9-11-24-12-10-18-17-3-1-2-4-19(17)23-21(18)20(24)13-15/h1-8,15,20,23H,9-13H2. The third kappa shape index (κ3) is 2.28. The van der Waals surface area contributed by atoms with Gasteiger partial charge in [0.15, 0.2) is 0 Å². The Labute approximate surface area is 147 Å². The number of nitrogens with one attached hydrogen (secondary N) is 1. The number of rotatable bonds is 1. The van der Waals surface area contributed by atoms with Crippen molar-refractivity contribution in [2.45, 2.75) is 31.2 Å². The fourth-order valence-corrected chi connectivity index (χ4v) is 4.78. The maximum atomic E-state index is 6.06. The van der Waals surface area contributed by atoms with Crippen LogP contribution in [0.5, 0.6) is 0 Å². The van der Waals surface area contributed by atoms with Crippen LogP contribution in [0.1, 0.15) is 41.6 Å². The largest absolute Gasteiger partial charge is 0.357 e. The van der Waals surface area contributed by atoms with E-state index in [0.29, 0.717) is 12.0 Å². The number of fused-ring (bicyclic) bond motifs is 5. The zero-order valence-corrected chi connectivity index (χ0v) is 14.4. The second-order valence-electron chi connectivity index (χ2n) is 7.14. The first-order chi connectivity index (χ1) is 11.8. The number of benzene rings is 2. The van der Waals surface area contributed by atoms with Crippen LogP contribution in [0.3, 0.4) is 0 Å². The number of hydrogen-bond donors (Lipinski definition) is 1. The van der Waals surface area contributed by atoms with Crippen molar-refractivity contribution in [1.82, 2.24) is 9.88 Å². The molecule has 2 aromatic carbocycles. The third-order valence-corrected chi connectivity index (χ3v) is 6.14. The Bertz CT molecular complexity index is 880. The smallest absolute Gasteiger partial charge is 0.0507 e. The van der Waals surface area contributed by atoms with Crippen LogP contribution in [0.2, 0.25) is 5.02 Å². The summed E-state index contributed by atoms with van der Waals surface area (Å²) in [6.45, 7) is 2.37. The minimum Gasteiger partial charge on any atom is -0.357 e. The van der Waals surface area contributed by atoms with Crippen molar-refractivity contribution >= 4 is 22.5 Å². The van der Waals surface area contributed by atoms with Crippen LogP contribution in [0.4, 0.5) is 0 Å². The molecule has 2 nitrogen and oxygen atoms in total. The Morgan fingerprint density at radius 3 is 2.71 bits per heavy atom. The Morgan fingerprint density at radius 2 is 1.83 bits per heavy atom. The van der Waals surface area contributed by atoms with E-state index in [0.717, 1.165) is 5.02 Å². The highest BCUT2D eigenvalue weighted by atomic mass is 35.5. The summed E-state index contributed by atoms with van der Waals surface area (Å²) in [5.74, 6) is 0.626. The summed E-state index contributed by atoms with van der Waals surface area (Å²) in [5.41, 5.74) is 5.73. The third-order valence-electron chi connectivity index (χ3n) is 5.88. The topological polar surface area (TPSA) is 19.0 Å². The fourth-order valence-electron chi connectivity index (χ4n) is 4.65. The first kappa shape index (κ1) is 14.6. The average Bonchev–Trinajstić information content (AvgIpc) is 3.01. The van der Waals surface area contributed by atoms with Gasteiger partial charge in [-0.3, -0.25) is 4.90 Å². The van der Waals surface area contributed by atoms with Gasteiger partial charge >= 0.3 is 0 Å². The van der Waals surface area contributed by atoms with E-state index in [-0.39, 0.29) is 0 Å². The minimum atomic E-state index is 0.524. The van der Waals surface area contributed by atoms with E-state index in [2.05, 4.69) is 46.3 Å². The molecule has 1 fully saturated rings. The molecule has 2 atom stereocenters. The van der Waals surface area contributed by atoms with Crippen LogP contribution in [0.25, 0.3) is 10.9 Å². The van der Waals surface area contributed by atoms with Gasteiger partial charge in [0.25, 0.3) is 0 Å². The van der Waals surface area contributed by atoms with Crippen LogP contribution in [0, 0.1) is 0 Å². The summed E-state index contributed by atoms with van der Waals surface area (Å²) in [4.78, 5) is 6.40. The molecule has 122 valence electrons. The van der Waals surface area contributed by atoms with Crippen molar-refractivity contribution in [3.8, 4) is 0 Å². The number of aromatic amines is 1. The molecule has 3 heteroatoms. The van der Waals surface area contributed by atoms with Gasteiger partial charge in [0.2, 0.25) is 0 Å². The second kappa shape index (κ2) is 5.65. The lowest BCUT2D eigenvalue weighted by Gasteiger charge is -2.42. The van der Waals surface area contributed by atoms with Gasteiger partial charge in [-0.2, -0.15) is 0 Å². The molecule has 1 saturated heterocycles. The molecule has 0 spiro atoms. The maximum Gasteiger partial charge on any atom is 0.0507 e. The molecule has 0 saturated carbocycles. The van der Waals surface area contributed by atoms with Crippen molar-refractivity contribution in [2.75, 3.05) is 13.1 Å². The van der Waals surface area contributed by atoms with E-state index in [9.17, 15) is 0 Å². The summed E-state index contributed by atoms with van der Waals surface area (Å²) in [6, 6.07) is 17.7. The van der Waals surface area contributed by atoms with E-state index in [1.165, 1.54) is 54.5 Å². The molecule has 5 rings (SSSR count). The number of aromatic nitrogens is 1. The monoisotopic (exact) mass is 336 g/mol. The normalized spacial score (nSPS) is 23.9. The summed E-state index contributed by atoms with van der Waals surface area (Å²) in [6.07, 6.45) is 3.61. The molecule has 0 aliphatic carbocycles. The Hall–Kier alpha value is -1.77. The number of H-pyrrole nitrogens is 1. The molecule has 0 radical (unpaired) electrons. The quantitative estimate of drug-likeness (QED) is 0.639. The highest BCUT2D eigenvalue weighted by Gasteiger charge is 2.35. The lowest BCUT2D eigenvalue weighted by Crippen LogP contribution is -2.40. The molecular weight excluding hydrogens is 316 g/mol. The fraction of sp³-hybridized carbons (Fsp3) is 0.333. The zero-order valence-electron chi connectivity index (χ0n) is 13.6. The summed E-state index contributed by atoms with van der Waals surface area (Å²) in [5, 5.41) is 2.24. The number of halogens is 1. The zero-order chi connectivity index (χ0) is 16.1. The van der Waals surface area contributed by atoms with Crippen molar-refractivity contribution in [2.24, 2.45) is 0 Å². The van der Waals surface area contributed by atoms with E-state index in [4.69, 9.17) is 11.6 Å². The van der Waals surface area contributed by atoms with Crippen LogP contribution >= 0.6 is 11.6 Å². The molecule has 0 amide bonds. The van der Waals surface area contributed by atoms with Gasteiger partial charge in [0.1, 0.15) is 0 Å². The van der Waals surface area contributed by atoms with Crippen molar-refractivity contribution in [3.05, 3.63) is 70.4 Å². The maximum absolute atomic E-state index is 6.06. The van der Waals surface area contributed by atoms with Crippen molar-refractivity contribution < 1.29 is 0 Å². The van der Waals surface area contributed by atoms with Crippen LogP contribution in [-0.2, 0) is 6.42 Å². The number of para-hydroxylation sites is 1. The highest BCUT2D eigenvalue weighted by molar-refractivity contribution is 6.30. The lowest BCUT2D eigenvalue weighted by atomic mass is 9.81. The molecule has 3 heterocycles. The molecule has 0 bridgehead atoms. The predicted octanol–water partition coefficient (Wildman–Crippen LogP) is 5.30. The van der Waals surface area contributed by atoms with Crippen LogP contribution in [0.15, 0.2) is 48.5 Å².